The molecule has 1 heterocycles. The molecule has 0 atom stereocenters. The smallest absolute Gasteiger partial charge is 0.261 e. The van der Waals surface area contributed by atoms with Gasteiger partial charge in [-0.2, -0.15) is 0 Å². The second kappa shape index (κ2) is 10.3. The van der Waals surface area contributed by atoms with Crippen molar-refractivity contribution in [1.29, 1.82) is 0 Å². The molecule has 0 aromatic heterocycles. The van der Waals surface area contributed by atoms with Gasteiger partial charge in [0.15, 0.2) is 0 Å². The van der Waals surface area contributed by atoms with Crippen molar-refractivity contribution in [2.75, 3.05) is 22.7 Å². The highest BCUT2D eigenvalue weighted by atomic mass is 32.2. The number of sulfonamides is 1. The number of rotatable bonds is 7. The molecule has 0 spiro atoms. The summed E-state index contributed by atoms with van der Waals surface area (Å²) in [6, 6.07) is 20.0. The highest BCUT2D eigenvalue weighted by molar-refractivity contribution is 7.92. The molecule has 0 bridgehead atoms. The van der Waals surface area contributed by atoms with Gasteiger partial charge in [-0.1, -0.05) is 35.9 Å². The van der Waals surface area contributed by atoms with Gasteiger partial charge >= 0.3 is 0 Å². The Morgan fingerprint density at radius 1 is 0.882 bits per heavy atom. The molecule has 1 amide bonds. The van der Waals surface area contributed by atoms with E-state index in [0.29, 0.717) is 23.4 Å². The van der Waals surface area contributed by atoms with Crippen LogP contribution in [0.5, 0.6) is 0 Å². The van der Waals surface area contributed by atoms with Gasteiger partial charge in [-0.25, -0.2) is 8.42 Å². The lowest BCUT2D eigenvalue weighted by atomic mass is 10.1. The molecule has 0 unspecified atom stereocenters. The Morgan fingerprint density at radius 2 is 1.56 bits per heavy atom. The fourth-order valence-electron chi connectivity index (χ4n) is 4.17. The summed E-state index contributed by atoms with van der Waals surface area (Å²) >= 11 is 0. The number of aryl methyl sites for hydroxylation is 1. The van der Waals surface area contributed by atoms with E-state index in [0.717, 1.165) is 24.2 Å². The van der Waals surface area contributed by atoms with Crippen molar-refractivity contribution in [3.8, 4) is 0 Å². The van der Waals surface area contributed by atoms with Gasteiger partial charge in [-0.05, 0) is 80.6 Å². The number of hydrogen-bond donors (Lipinski definition) is 2. The number of amides is 1. The van der Waals surface area contributed by atoms with E-state index < -0.39 is 10.0 Å². The van der Waals surface area contributed by atoms with Crippen LogP contribution in [0.25, 0.3) is 0 Å². The van der Waals surface area contributed by atoms with E-state index in [1.54, 1.807) is 49.4 Å². The minimum absolute atomic E-state index is 0.181. The van der Waals surface area contributed by atoms with Crippen LogP contribution in [0.4, 0.5) is 11.4 Å². The van der Waals surface area contributed by atoms with Crippen molar-refractivity contribution in [2.24, 2.45) is 0 Å². The van der Waals surface area contributed by atoms with Gasteiger partial charge in [0.2, 0.25) is 0 Å². The largest absolute Gasteiger partial charge is 0.372 e. The Morgan fingerprint density at radius 3 is 2.24 bits per heavy atom. The predicted octanol–water partition coefficient (Wildman–Crippen LogP) is 5.02. The topological polar surface area (TPSA) is 78.5 Å². The molecule has 7 heteroatoms. The quantitative estimate of drug-likeness (QED) is 0.501. The molecule has 1 saturated heterocycles. The van der Waals surface area contributed by atoms with Gasteiger partial charge in [-0.3, -0.25) is 9.52 Å². The molecule has 1 aliphatic rings. The third kappa shape index (κ3) is 5.59. The second-order valence-electron chi connectivity index (χ2n) is 8.79. The van der Waals surface area contributed by atoms with Crippen molar-refractivity contribution in [3.63, 3.8) is 0 Å². The molecular formula is C27H31N3O3S. The first-order valence-corrected chi connectivity index (χ1v) is 13.1. The van der Waals surface area contributed by atoms with E-state index in [1.165, 1.54) is 24.9 Å². The minimum Gasteiger partial charge on any atom is -0.372 e. The zero-order chi connectivity index (χ0) is 24.1. The normalized spacial score (nSPS) is 14.0. The minimum atomic E-state index is -3.75. The number of carbonyl (C=O) groups excluding carboxylic acids is 1. The van der Waals surface area contributed by atoms with Gasteiger partial charge < -0.3 is 10.2 Å². The van der Waals surface area contributed by atoms with E-state index in [4.69, 9.17) is 0 Å². The van der Waals surface area contributed by atoms with Crippen LogP contribution in [0.15, 0.2) is 71.6 Å². The van der Waals surface area contributed by atoms with E-state index in [2.05, 4.69) is 27.1 Å². The van der Waals surface area contributed by atoms with E-state index in [9.17, 15) is 13.2 Å². The Kier molecular flexibility index (Phi) is 7.22. The molecule has 2 N–H and O–H groups in total. The van der Waals surface area contributed by atoms with E-state index >= 15 is 0 Å². The molecule has 0 saturated carbocycles. The molecule has 1 fully saturated rings. The Bertz CT molecular complexity index is 1250. The summed E-state index contributed by atoms with van der Waals surface area (Å²) in [6.07, 6.45) is 3.77. The highest BCUT2D eigenvalue weighted by Gasteiger charge is 2.18. The maximum Gasteiger partial charge on any atom is 0.261 e. The van der Waals surface area contributed by atoms with Crippen molar-refractivity contribution < 1.29 is 13.2 Å². The third-order valence-electron chi connectivity index (χ3n) is 6.26. The number of benzene rings is 3. The molecule has 6 nitrogen and oxygen atoms in total. The van der Waals surface area contributed by atoms with Crippen molar-refractivity contribution >= 4 is 27.3 Å². The molecule has 1 aliphatic heterocycles. The molecule has 0 aliphatic carbocycles. The average molecular weight is 478 g/mol. The second-order valence-corrected chi connectivity index (χ2v) is 10.5. The van der Waals surface area contributed by atoms with Crippen LogP contribution in [0, 0.1) is 13.8 Å². The number of anilines is 2. The van der Waals surface area contributed by atoms with E-state index in [1.807, 2.05) is 19.1 Å². The number of carbonyl (C=O) groups is 1. The van der Waals surface area contributed by atoms with Gasteiger partial charge in [-0.15, -0.1) is 0 Å². The summed E-state index contributed by atoms with van der Waals surface area (Å²) in [7, 11) is -3.75. The monoisotopic (exact) mass is 477 g/mol. The summed E-state index contributed by atoms with van der Waals surface area (Å²) in [5.74, 6) is -0.242. The molecule has 4 rings (SSSR count). The van der Waals surface area contributed by atoms with Crippen LogP contribution < -0.4 is 14.9 Å². The van der Waals surface area contributed by atoms with Crippen molar-refractivity contribution in [1.82, 2.24) is 5.32 Å². The van der Waals surface area contributed by atoms with Gasteiger partial charge in [0, 0.05) is 30.9 Å². The first kappa shape index (κ1) is 23.8. The SMILES string of the molecule is Cc1ccc(S(=O)(=O)Nc2cccc(C(=O)NCc3ccc(N4CCCCC4)cc3)c2C)cc1. The first-order valence-electron chi connectivity index (χ1n) is 11.6. The Labute approximate surface area is 202 Å². The Hall–Kier alpha value is -3.32. The zero-order valence-corrected chi connectivity index (χ0v) is 20.5. The van der Waals surface area contributed by atoms with Crippen LogP contribution >= 0.6 is 0 Å². The average Bonchev–Trinajstić information content (AvgIpc) is 2.85. The van der Waals surface area contributed by atoms with Crippen LogP contribution in [-0.2, 0) is 16.6 Å². The van der Waals surface area contributed by atoms with Gasteiger partial charge in [0.05, 0.1) is 10.6 Å². The maximum atomic E-state index is 12.9. The summed E-state index contributed by atoms with van der Waals surface area (Å²) in [5, 5.41) is 2.95. The van der Waals surface area contributed by atoms with Gasteiger partial charge in [0.1, 0.15) is 0 Å². The molecule has 178 valence electrons. The lowest BCUT2D eigenvalue weighted by Gasteiger charge is -2.28. The molecular weight excluding hydrogens is 446 g/mol. The molecule has 0 radical (unpaired) electrons. The Balaban J connectivity index is 1.42. The number of nitrogens with zero attached hydrogens (tertiary/aromatic N) is 1. The summed E-state index contributed by atoms with van der Waals surface area (Å²) in [6.45, 7) is 6.24. The molecule has 34 heavy (non-hydrogen) atoms. The first-order chi connectivity index (χ1) is 16.3. The van der Waals surface area contributed by atoms with Crippen LogP contribution in [0.2, 0.25) is 0 Å². The maximum absolute atomic E-state index is 12.9. The molecule has 3 aromatic rings. The molecule has 3 aromatic carbocycles. The van der Waals surface area contributed by atoms with E-state index in [-0.39, 0.29) is 10.8 Å². The standard InChI is InChI=1S/C27H31N3O3S/c1-20-9-15-24(16-10-20)34(32,33)29-26-8-6-7-25(21(26)2)27(31)28-19-22-11-13-23(14-12-22)30-17-4-3-5-18-30/h6-16,29H,3-5,17-19H2,1-2H3,(H,28,31). The fourth-order valence-corrected chi connectivity index (χ4v) is 5.29. The van der Waals surface area contributed by atoms with Gasteiger partial charge in [0.25, 0.3) is 15.9 Å². The summed E-state index contributed by atoms with van der Waals surface area (Å²) < 4.78 is 28.2. The lowest BCUT2D eigenvalue weighted by molar-refractivity contribution is 0.0950. The summed E-state index contributed by atoms with van der Waals surface area (Å²) in [5.41, 5.74) is 4.63. The fraction of sp³-hybridized carbons (Fsp3) is 0.296. The van der Waals surface area contributed by atoms with Crippen molar-refractivity contribution in [3.05, 3.63) is 89.0 Å². The summed E-state index contributed by atoms with van der Waals surface area (Å²) in [4.78, 5) is 15.5. The van der Waals surface area contributed by atoms with Crippen LogP contribution in [0.1, 0.15) is 46.3 Å². The number of piperidine rings is 1. The van der Waals surface area contributed by atoms with Crippen LogP contribution in [0.3, 0.4) is 0 Å². The number of hydrogen-bond acceptors (Lipinski definition) is 4. The lowest BCUT2D eigenvalue weighted by Crippen LogP contribution is -2.29. The third-order valence-corrected chi connectivity index (χ3v) is 7.65. The zero-order valence-electron chi connectivity index (χ0n) is 19.7. The van der Waals surface area contributed by atoms with Crippen LogP contribution in [-0.4, -0.2) is 27.4 Å². The highest BCUT2D eigenvalue weighted by Crippen LogP contribution is 2.23. The van der Waals surface area contributed by atoms with Crippen molar-refractivity contribution in [2.45, 2.75) is 44.6 Å². The predicted molar refractivity (Wildman–Crippen MR) is 137 cm³/mol. The number of nitrogens with one attached hydrogen (secondary N) is 2.